The van der Waals surface area contributed by atoms with E-state index in [-0.39, 0.29) is 23.4 Å². The number of esters is 1. The summed E-state index contributed by atoms with van der Waals surface area (Å²) >= 11 is 3.57. The van der Waals surface area contributed by atoms with Crippen molar-refractivity contribution in [3.63, 3.8) is 0 Å². The topological polar surface area (TPSA) is 26.3 Å². The number of hydrogen-bond acceptors (Lipinski definition) is 2. The minimum absolute atomic E-state index is 0.0277. The molecule has 0 N–H and O–H groups in total. The summed E-state index contributed by atoms with van der Waals surface area (Å²) in [6, 6.07) is 0. The van der Waals surface area contributed by atoms with Gasteiger partial charge in [0.15, 0.2) is 0 Å². The van der Waals surface area contributed by atoms with Gasteiger partial charge < -0.3 is 4.74 Å². The van der Waals surface area contributed by atoms with Crippen molar-refractivity contribution in [1.82, 2.24) is 0 Å². The van der Waals surface area contributed by atoms with Crippen molar-refractivity contribution >= 4 is 21.9 Å². The minimum atomic E-state index is -0.0891. The summed E-state index contributed by atoms with van der Waals surface area (Å²) in [6.07, 6.45) is 0.882. The first-order valence-electron chi connectivity index (χ1n) is 4.52. The van der Waals surface area contributed by atoms with Crippen molar-refractivity contribution in [2.24, 2.45) is 11.3 Å². The van der Waals surface area contributed by atoms with Crippen LogP contribution in [0.4, 0.5) is 0 Å². The number of allylic oxidation sites excluding steroid dienone is 1. The average molecular weight is 245 g/mol. The third-order valence-electron chi connectivity index (χ3n) is 3.26. The zero-order chi connectivity index (χ0) is 9.80. The Morgan fingerprint density at radius 3 is 2.77 bits per heavy atom. The van der Waals surface area contributed by atoms with Crippen molar-refractivity contribution in [2.75, 3.05) is 0 Å². The highest BCUT2D eigenvalue weighted by Crippen LogP contribution is 2.51. The average Bonchev–Trinajstić information content (AvgIpc) is 2.41. The number of carbonyl (C=O) groups excluding carboxylic acids is 1. The molecule has 72 valence electrons. The van der Waals surface area contributed by atoms with Gasteiger partial charge in [-0.05, 0) is 12.5 Å². The van der Waals surface area contributed by atoms with E-state index in [1.165, 1.54) is 5.57 Å². The fourth-order valence-corrected chi connectivity index (χ4v) is 2.77. The van der Waals surface area contributed by atoms with Crippen molar-refractivity contribution in [3.05, 3.63) is 10.1 Å². The maximum Gasteiger partial charge on any atom is 0.310 e. The third kappa shape index (κ3) is 1.09. The number of hydrogen-bond donors (Lipinski definition) is 0. The molecule has 1 aliphatic heterocycles. The molecule has 1 saturated heterocycles. The second-order valence-corrected chi connectivity index (χ2v) is 5.23. The van der Waals surface area contributed by atoms with Crippen LogP contribution < -0.4 is 0 Å². The summed E-state index contributed by atoms with van der Waals surface area (Å²) in [5.41, 5.74) is 1.08. The fraction of sp³-hybridized carbons (Fsp3) is 0.700. The van der Waals surface area contributed by atoms with Crippen molar-refractivity contribution in [1.29, 1.82) is 0 Å². The minimum Gasteiger partial charge on any atom is -0.458 e. The van der Waals surface area contributed by atoms with Crippen LogP contribution in [0.25, 0.3) is 0 Å². The van der Waals surface area contributed by atoms with Crippen LogP contribution in [-0.4, -0.2) is 12.1 Å². The van der Waals surface area contributed by atoms with Crippen LogP contribution >= 0.6 is 15.9 Å². The number of carbonyl (C=O) groups is 1. The molecular weight excluding hydrogens is 232 g/mol. The Morgan fingerprint density at radius 1 is 1.54 bits per heavy atom. The van der Waals surface area contributed by atoms with Gasteiger partial charge in [-0.2, -0.15) is 0 Å². The van der Waals surface area contributed by atoms with E-state index in [9.17, 15) is 4.79 Å². The molecule has 0 saturated carbocycles. The molecule has 0 spiro atoms. The van der Waals surface area contributed by atoms with Crippen LogP contribution in [0.15, 0.2) is 10.1 Å². The molecule has 13 heavy (non-hydrogen) atoms. The molecule has 0 aromatic heterocycles. The second-order valence-electron chi connectivity index (χ2n) is 4.43. The van der Waals surface area contributed by atoms with Gasteiger partial charge in [-0.3, -0.25) is 4.79 Å². The number of halogens is 1. The van der Waals surface area contributed by atoms with Gasteiger partial charge in [-0.1, -0.05) is 29.8 Å². The molecule has 1 heterocycles. The summed E-state index contributed by atoms with van der Waals surface area (Å²) in [5.74, 6) is -0.000579. The maximum absolute atomic E-state index is 11.5. The highest BCUT2D eigenvalue weighted by Gasteiger charge is 2.50. The van der Waals surface area contributed by atoms with Crippen LogP contribution in [-0.2, 0) is 9.53 Å². The molecule has 2 atom stereocenters. The normalized spacial score (nSPS) is 36.5. The Labute approximate surface area is 86.5 Å². The first-order chi connectivity index (χ1) is 5.94. The molecule has 0 amide bonds. The van der Waals surface area contributed by atoms with Crippen LogP contribution in [0.1, 0.15) is 27.2 Å². The van der Waals surface area contributed by atoms with Gasteiger partial charge in [0, 0.05) is 16.3 Å². The molecule has 1 aliphatic carbocycles. The molecule has 2 nitrogen and oxygen atoms in total. The van der Waals surface area contributed by atoms with Crippen LogP contribution in [0.3, 0.4) is 0 Å². The van der Waals surface area contributed by atoms with E-state index < -0.39 is 0 Å². The zero-order valence-corrected chi connectivity index (χ0v) is 9.64. The highest BCUT2D eigenvalue weighted by molar-refractivity contribution is 9.11. The Hall–Kier alpha value is -0.310. The monoisotopic (exact) mass is 244 g/mol. The number of fused-ring (bicyclic) bond motifs is 2. The number of ether oxygens (including phenoxy) is 1. The quantitative estimate of drug-likeness (QED) is 0.613. The van der Waals surface area contributed by atoms with E-state index in [1.54, 1.807) is 0 Å². The first-order valence-corrected chi connectivity index (χ1v) is 5.31. The predicted molar refractivity (Wildman–Crippen MR) is 53.4 cm³/mol. The Kier molecular flexibility index (Phi) is 1.85. The molecule has 3 heteroatoms. The SMILES string of the molecule is CC1=C(Br)C(C)(C)[C@H]2C[C@@H]1OC2=O. The lowest BCUT2D eigenvalue weighted by atomic mass is 9.72. The summed E-state index contributed by atoms with van der Waals surface area (Å²) in [7, 11) is 0. The van der Waals surface area contributed by atoms with Crippen molar-refractivity contribution < 1.29 is 9.53 Å². The van der Waals surface area contributed by atoms with Crippen LogP contribution in [0.2, 0.25) is 0 Å². The van der Waals surface area contributed by atoms with E-state index >= 15 is 0 Å². The molecular formula is C10H13BrO2. The summed E-state index contributed by atoms with van der Waals surface area (Å²) < 4.78 is 6.42. The van der Waals surface area contributed by atoms with E-state index in [4.69, 9.17) is 4.74 Å². The Balaban J connectivity index is 2.51. The van der Waals surface area contributed by atoms with E-state index in [2.05, 4.69) is 29.8 Å². The standard InChI is InChI=1S/C10H13BrO2/c1-5-7-4-6(9(12)13-7)10(2,3)8(5)11/h6-7H,4H2,1-3H3/t6-,7-/m0/s1. The number of rotatable bonds is 0. The summed E-state index contributed by atoms with van der Waals surface area (Å²) in [6.45, 7) is 6.22. The van der Waals surface area contributed by atoms with Crippen molar-refractivity contribution in [3.8, 4) is 0 Å². The molecule has 0 aromatic carbocycles. The lowest BCUT2D eigenvalue weighted by Crippen LogP contribution is -2.31. The summed E-state index contributed by atoms with van der Waals surface area (Å²) in [5, 5.41) is 0. The smallest absolute Gasteiger partial charge is 0.310 e. The Morgan fingerprint density at radius 2 is 2.15 bits per heavy atom. The molecule has 2 rings (SSSR count). The predicted octanol–water partition coefficient (Wildman–Crippen LogP) is 2.63. The van der Waals surface area contributed by atoms with Gasteiger partial charge in [0.2, 0.25) is 0 Å². The fourth-order valence-electron chi connectivity index (χ4n) is 2.24. The first kappa shape index (κ1) is 9.25. The largest absolute Gasteiger partial charge is 0.458 e. The van der Waals surface area contributed by atoms with Gasteiger partial charge in [0.05, 0.1) is 5.92 Å². The molecule has 2 aliphatic rings. The molecule has 1 fully saturated rings. The molecule has 0 aromatic rings. The third-order valence-corrected chi connectivity index (χ3v) is 4.91. The lowest BCUT2D eigenvalue weighted by Gasteiger charge is -2.33. The summed E-state index contributed by atoms with van der Waals surface area (Å²) in [4.78, 5) is 11.5. The van der Waals surface area contributed by atoms with Gasteiger partial charge in [0.25, 0.3) is 0 Å². The zero-order valence-electron chi connectivity index (χ0n) is 8.06. The van der Waals surface area contributed by atoms with Crippen LogP contribution in [0.5, 0.6) is 0 Å². The van der Waals surface area contributed by atoms with Gasteiger partial charge in [0.1, 0.15) is 6.10 Å². The van der Waals surface area contributed by atoms with E-state index in [1.807, 2.05) is 6.92 Å². The molecule has 2 bridgehead atoms. The van der Waals surface area contributed by atoms with Gasteiger partial charge in [-0.25, -0.2) is 0 Å². The van der Waals surface area contributed by atoms with Crippen LogP contribution in [0, 0.1) is 11.3 Å². The maximum atomic E-state index is 11.5. The van der Waals surface area contributed by atoms with E-state index in [0.29, 0.717) is 0 Å². The van der Waals surface area contributed by atoms with Gasteiger partial charge >= 0.3 is 5.97 Å². The van der Waals surface area contributed by atoms with Crippen molar-refractivity contribution in [2.45, 2.75) is 33.3 Å². The Bertz CT molecular complexity index is 304. The lowest BCUT2D eigenvalue weighted by molar-refractivity contribution is -0.144. The highest BCUT2D eigenvalue weighted by atomic mass is 79.9. The second kappa shape index (κ2) is 2.59. The molecule has 0 unspecified atom stereocenters. The van der Waals surface area contributed by atoms with E-state index in [0.717, 1.165) is 10.9 Å². The molecule has 0 radical (unpaired) electrons. The van der Waals surface area contributed by atoms with Gasteiger partial charge in [-0.15, -0.1) is 0 Å².